The first kappa shape index (κ1) is 21.3. The van der Waals surface area contributed by atoms with Gasteiger partial charge in [-0.05, 0) is 49.8 Å². The third kappa shape index (κ3) is 5.62. The minimum Gasteiger partial charge on any atom is -0.341 e. The Morgan fingerprint density at radius 2 is 1.84 bits per heavy atom. The quantitative estimate of drug-likeness (QED) is 0.598. The number of likely N-dealkylation sites (tertiary alicyclic amines) is 1. The average molecular weight is 422 g/mol. The minimum atomic E-state index is -0.221. The molecule has 0 bridgehead atoms. The molecule has 3 atom stereocenters. The van der Waals surface area contributed by atoms with E-state index in [0.29, 0.717) is 13.1 Å². The molecule has 2 fully saturated rings. The van der Waals surface area contributed by atoms with E-state index in [1.807, 2.05) is 54.3 Å². The van der Waals surface area contributed by atoms with Gasteiger partial charge < -0.3 is 15.5 Å². The second-order valence-electron chi connectivity index (χ2n) is 8.53. The number of urea groups is 1. The van der Waals surface area contributed by atoms with E-state index in [1.54, 1.807) is 0 Å². The van der Waals surface area contributed by atoms with Crippen LogP contribution in [-0.2, 0) is 4.79 Å². The predicted octanol–water partition coefficient (Wildman–Crippen LogP) is 2.96. The van der Waals surface area contributed by atoms with Gasteiger partial charge in [0.25, 0.3) is 0 Å². The third-order valence-corrected chi connectivity index (χ3v) is 6.09. The lowest BCUT2D eigenvalue weighted by Crippen LogP contribution is -2.50. The van der Waals surface area contributed by atoms with E-state index in [4.69, 9.17) is 0 Å². The second kappa shape index (κ2) is 9.94. The van der Waals surface area contributed by atoms with Crippen LogP contribution in [0, 0.1) is 12.8 Å². The molecule has 4 N–H and O–H groups in total. The number of aryl methyl sites for hydroxylation is 1. The summed E-state index contributed by atoms with van der Waals surface area (Å²) in [4.78, 5) is 27.2. The number of nitrogens with zero attached hydrogens (tertiary/aromatic N) is 1. The molecule has 0 aliphatic carbocycles. The molecule has 2 saturated heterocycles. The maximum atomic E-state index is 13.1. The molecule has 2 aliphatic rings. The van der Waals surface area contributed by atoms with Crippen LogP contribution in [-0.4, -0.2) is 42.5 Å². The lowest BCUT2D eigenvalue weighted by Gasteiger charge is -2.34. The van der Waals surface area contributed by atoms with E-state index >= 15 is 0 Å². The smallest absolute Gasteiger partial charge is 0.319 e. The van der Waals surface area contributed by atoms with Crippen LogP contribution >= 0.6 is 0 Å². The number of anilines is 1. The summed E-state index contributed by atoms with van der Waals surface area (Å²) >= 11 is 0. The van der Waals surface area contributed by atoms with Crippen molar-refractivity contribution in [1.29, 1.82) is 0 Å². The van der Waals surface area contributed by atoms with Crippen molar-refractivity contribution in [3.8, 4) is 0 Å². The Hall–Kier alpha value is -2.90. The first-order chi connectivity index (χ1) is 15.1. The summed E-state index contributed by atoms with van der Waals surface area (Å²) in [5, 5.41) is 5.82. The molecule has 7 nitrogen and oxygen atoms in total. The number of hydrogen-bond acceptors (Lipinski definition) is 4. The molecule has 2 aromatic carbocycles. The molecule has 31 heavy (non-hydrogen) atoms. The standard InChI is InChI=1S/C24H31N5O2/c1-17-9-11-20(12-10-17)26-24(31)25-15-18-6-5-13-29(16-18)23(30)22-14-21(27-28-22)19-7-3-2-4-8-19/h2-4,7-12,18,21-22,27-28H,5-6,13-16H2,1H3,(H2,25,26,31). The molecule has 0 radical (unpaired) electrons. The normalized spacial score (nSPS) is 23.4. The predicted molar refractivity (Wildman–Crippen MR) is 121 cm³/mol. The number of benzene rings is 2. The molecular formula is C24H31N5O2. The first-order valence-corrected chi connectivity index (χ1v) is 11.0. The zero-order valence-corrected chi connectivity index (χ0v) is 17.9. The van der Waals surface area contributed by atoms with Crippen LogP contribution in [0.2, 0.25) is 0 Å². The van der Waals surface area contributed by atoms with Crippen LogP contribution in [0.15, 0.2) is 54.6 Å². The van der Waals surface area contributed by atoms with E-state index in [-0.39, 0.29) is 29.9 Å². The van der Waals surface area contributed by atoms with Crippen LogP contribution in [0.1, 0.15) is 36.4 Å². The van der Waals surface area contributed by atoms with Gasteiger partial charge in [0.05, 0.1) is 0 Å². The van der Waals surface area contributed by atoms with Crippen molar-refractivity contribution in [1.82, 2.24) is 21.1 Å². The van der Waals surface area contributed by atoms with Crippen molar-refractivity contribution in [3.63, 3.8) is 0 Å². The highest BCUT2D eigenvalue weighted by atomic mass is 16.2. The van der Waals surface area contributed by atoms with E-state index < -0.39 is 0 Å². The van der Waals surface area contributed by atoms with Crippen molar-refractivity contribution in [3.05, 3.63) is 65.7 Å². The lowest BCUT2D eigenvalue weighted by atomic mass is 9.96. The molecule has 164 valence electrons. The van der Waals surface area contributed by atoms with E-state index in [2.05, 4.69) is 33.6 Å². The summed E-state index contributed by atoms with van der Waals surface area (Å²) in [5.74, 6) is 0.403. The summed E-state index contributed by atoms with van der Waals surface area (Å²) in [6.07, 6.45) is 2.71. The molecule has 7 heteroatoms. The van der Waals surface area contributed by atoms with Crippen LogP contribution in [0.25, 0.3) is 0 Å². The number of hydrogen-bond donors (Lipinski definition) is 4. The first-order valence-electron chi connectivity index (χ1n) is 11.0. The Bertz CT molecular complexity index is 887. The summed E-state index contributed by atoms with van der Waals surface area (Å²) < 4.78 is 0. The maximum Gasteiger partial charge on any atom is 0.319 e. The molecule has 2 heterocycles. The Labute approximate surface area is 183 Å². The van der Waals surface area contributed by atoms with Gasteiger partial charge in [-0.25, -0.2) is 15.6 Å². The van der Waals surface area contributed by atoms with E-state index in [0.717, 1.165) is 37.1 Å². The molecule has 2 aliphatic heterocycles. The topological polar surface area (TPSA) is 85.5 Å². The van der Waals surface area contributed by atoms with Gasteiger partial charge in [0.15, 0.2) is 0 Å². The number of carbonyl (C=O) groups excluding carboxylic acids is 2. The third-order valence-electron chi connectivity index (χ3n) is 6.09. The van der Waals surface area contributed by atoms with Crippen LogP contribution in [0.5, 0.6) is 0 Å². The van der Waals surface area contributed by atoms with Crippen molar-refractivity contribution in [2.75, 3.05) is 25.0 Å². The van der Waals surface area contributed by atoms with Crippen molar-refractivity contribution < 1.29 is 9.59 Å². The summed E-state index contributed by atoms with van der Waals surface area (Å²) in [6.45, 7) is 4.03. The molecule has 0 aromatic heterocycles. The van der Waals surface area contributed by atoms with Gasteiger partial charge in [0, 0.05) is 31.4 Å². The van der Waals surface area contributed by atoms with Crippen LogP contribution < -0.4 is 21.5 Å². The van der Waals surface area contributed by atoms with Crippen molar-refractivity contribution >= 4 is 17.6 Å². The molecule has 0 saturated carbocycles. The fourth-order valence-electron chi connectivity index (χ4n) is 4.32. The number of rotatable bonds is 5. The molecule has 2 aromatic rings. The lowest BCUT2D eigenvalue weighted by molar-refractivity contribution is -0.135. The number of amides is 3. The van der Waals surface area contributed by atoms with Gasteiger partial charge in [-0.3, -0.25) is 4.79 Å². The second-order valence-corrected chi connectivity index (χ2v) is 8.53. The largest absolute Gasteiger partial charge is 0.341 e. The molecule has 3 unspecified atom stereocenters. The molecular weight excluding hydrogens is 390 g/mol. The van der Waals surface area contributed by atoms with Gasteiger partial charge in [-0.2, -0.15) is 0 Å². The van der Waals surface area contributed by atoms with Gasteiger partial charge in [-0.1, -0.05) is 48.0 Å². The number of nitrogens with one attached hydrogen (secondary N) is 4. The van der Waals surface area contributed by atoms with Crippen molar-refractivity contribution in [2.24, 2.45) is 5.92 Å². The zero-order chi connectivity index (χ0) is 21.6. The van der Waals surface area contributed by atoms with Gasteiger partial charge in [-0.15, -0.1) is 0 Å². The number of piperidine rings is 1. The highest BCUT2D eigenvalue weighted by molar-refractivity contribution is 5.89. The van der Waals surface area contributed by atoms with Crippen LogP contribution in [0.4, 0.5) is 10.5 Å². The fraction of sp³-hybridized carbons (Fsp3) is 0.417. The van der Waals surface area contributed by atoms with Gasteiger partial charge >= 0.3 is 6.03 Å². The Morgan fingerprint density at radius 1 is 1.06 bits per heavy atom. The van der Waals surface area contributed by atoms with Crippen LogP contribution in [0.3, 0.4) is 0 Å². The SMILES string of the molecule is Cc1ccc(NC(=O)NCC2CCCN(C(=O)C3CC(c4ccccc4)NN3)C2)cc1. The molecule has 3 amide bonds. The summed E-state index contributed by atoms with van der Waals surface area (Å²) in [5.41, 5.74) is 9.55. The Balaban J connectivity index is 1.24. The molecule has 0 spiro atoms. The minimum absolute atomic E-state index is 0.139. The number of carbonyl (C=O) groups is 2. The summed E-state index contributed by atoms with van der Waals surface area (Å²) in [7, 11) is 0. The van der Waals surface area contributed by atoms with E-state index in [1.165, 1.54) is 5.56 Å². The van der Waals surface area contributed by atoms with Gasteiger partial charge in [0.2, 0.25) is 5.91 Å². The van der Waals surface area contributed by atoms with Gasteiger partial charge in [0.1, 0.15) is 6.04 Å². The monoisotopic (exact) mass is 421 g/mol. The Kier molecular flexibility index (Phi) is 6.84. The highest BCUT2D eigenvalue weighted by Crippen LogP contribution is 2.24. The highest BCUT2D eigenvalue weighted by Gasteiger charge is 2.34. The Morgan fingerprint density at radius 3 is 2.61 bits per heavy atom. The maximum absolute atomic E-state index is 13.1. The van der Waals surface area contributed by atoms with Crippen molar-refractivity contribution in [2.45, 2.75) is 38.3 Å². The molecule has 4 rings (SSSR count). The summed E-state index contributed by atoms with van der Waals surface area (Å²) in [6, 6.07) is 17.6. The number of hydrazine groups is 1. The van der Waals surface area contributed by atoms with E-state index in [9.17, 15) is 9.59 Å². The zero-order valence-electron chi connectivity index (χ0n) is 17.9. The average Bonchev–Trinajstić information content (AvgIpc) is 3.30. The fourth-order valence-corrected chi connectivity index (χ4v) is 4.32.